The summed E-state index contributed by atoms with van der Waals surface area (Å²) in [5.41, 5.74) is 6.22. The standard InChI is InChI=1S/C23H20Br2FN/c1-23(2,3)22-18(20-6-4-5-13-27-20)12-11-17(19(22)14-21(24)25)15-7-9-16(26)10-8-15/h4-14H,1-3H3. The predicted octanol–water partition coefficient (Wildman–Crippen LogP) is 7.94. The Hall–Kier alpha value is -1.78. The first-order valence-corrected chi connectivity index (χ1v) is 10.2. The van der Waals surface area contributed by atoms with Gasteiger partial charge >= 0.3 is 0 Å². The molecule has 0 aliphatic rings. The molecule has 3 rings (SSSR count). The summed E-state index contributed by atoms with van der Waals surface area (Å²) in [6, 6.07) is 16.8. The van der Waals surface area contributed by atoms with Crippen molar-refractivity contribution < 1.29 is 4.39 Å². The quantitative estimate of drug-likeness (QED) is 0.364. The van der Waals surface area contributed by atoms with E-state index in [0.29, 0.717) is 0 Å². The van der Waals surface area contributed by atoms with E-state index < -0.39 is 0 Å². The summed E-state index contributed by atoms with van der Waals surface area (Å²) in [7, 11) is 0. The van der Waals surface area contributed by atoms with Crippen LogP contribution in [0.25, 0.3) is 28.5 Å². The van der Waals surface area contributed by atoms with Crippen LogP contribution in [-0.4, -0.2) is 4.98 Å². The minimum absolute atomic E-state index is 0.121. The minimum atomic E-state index is -0.237. The molecule has 4 heteroatoms. The molecule has 3 aromatic rings. The second-order valence-electron chi connectivity index (χ2n) is 7.36. The fraction of sp³-hybridized carbons (Fsp3) is 0.174. The van der Waals surface area contributed by atoms with E-state index in [2.05, 4.69) is 75.8 Å². The van der Waals surface area contributed by atoms with Gasteiger partial charge in [-0.3, -0.25) is 4.98 Å². The minimum Gasteiger partial charge on any atom is -0.256 e. The fourth-order valence-corrected chi connectivity index (χ4v) is 3.76. The van der Waals surface area contributed by atoms with Gasteiger partial charge in [-0.15, -0.1) is 0 Å². The molecule has 0 saturated heterocycles. The second-order valence-corrected chi connectivity index (χ2v) is 10.1. The van der Waals surface area contributed by atoms with Crippen molar-refractivity contribution in [1.29, 1.82) is 0 Å². The second kappa shape index (κ2) is 8.07. The summed E-state index contributed by atoms with van der Waals surface area (Å²) >= 11 is 7.03. The molecule has 1 heterocycles. The van der Waals surface area contributed by atoms with Crippen LogP contribution < -0.4 is 0 Å². The molecule has 0 radical (unpaired) electrons. The molecule has 0 fully saturated rings. The highest BCUT2D eigenvalue weighted by Gasteiger charge is 2.25. The van der Waals surface area contributed by atoms with Gasteiger partial charge in [0, 0.05) is 11.8 Å². The molecule has 0 N–H and O–H groups in total. The lowest BCUT2D eigenvalue weighted by molar-refractivity contribution is 0.591. The van der Waals surface area contributed by atoms with E-state index in [1.807, 2.05) is 36.5 Å². The zero-order valence-corrected chi connectivity index (χ0v) is 18.6. The average molecular weight is 489 g/mol. The van der Waals surface area contributed by atoms with Gasteiger partial charge in [0.25, 0.3) is 0 Å². The van der Waals surface area contributed by atoms with Crippen LogP contribution in [0.3, 0.4) is 0 Å². The topological polar surface area (TPSA) is 12.9 Å². The molecule has 27 heavy (non-hydrogen) atoms. The van der Waals surface area contributed by atoms with Crippen molar-refractivity contribution in [2.75, 3.05) is 0 Å². The van der Waals surface area contributed by atoms with Gasteiger partial charge in [0.2, 0.25) is 0 Å². The van der Waals surface area contributed by atoms with Crippen LogP contribution in [0.2, 0.25) is 0 Å². The summed E-state index contributed by atoms with van der Waals surface area (Å²) in [5, 5.41) is 0. The van der Waals surface area contributed by atoms with Gasteiger partial charge in [-0.05, 0) is 89.9 Å². The zero-order chi connectivity index (χ0) is 19.6. The van der Waals surface area contributed by atoms with Crippen molar-refractivity contribution in [3.8, 4) is 22.4 Å². The Bertz CT molecular complexity index is 968. The lowest BCUT2D eigenvalue weighted by Crippen LogP contribution is -2.16. The monoisotopic (exact) mass is 487 g/mol. The summed E-state index contributed by atoms with van der Waals surface area (Å²) in [5.74, 6) is -0.237. The molecule has 0 spiro atoms. The molecule has 0 atom stereocenters. The van der Waals surface area contributed by atoms with Gasteiger partial charge in [-0.1, -0.05) is 51.1 Å². The summed E-state index contributed by atoms with van der Waals surface area (Å²) in [6.07, 6.45) is 3.87. The normalized spacial score (nSPS) is 11.3. The van der Waals surface area contributed by atoms with Gasteiger partial charge in [0.1, 0.15) is 5.82 Å². The van der Waals surface area contributed by atoms with Crippen molar-refractivity contribution in [3.63, 3.8) is 0 Å². The highest BCUT2D eigenvalue weighted by Crippen LogP contribution is 2.41. The highest BCUT2D eigenvalue weighted by molar-refractivity contribution is 9.28. The van der Waals surface area contributed by atoms with Gasteiger partial charge < -0.3 is 0 Å². The van der Waals surface area contributed by atoms with Crippen molar-refractivity contribution in [2.45, 2.75) is 26.2 Å². The van der Waals surface area contributed by atoms with Crippen LogP contribution in [0.4, 0.5) is 4.39 Å². The Morgan fingerprint density at radius 3 is 2.15 bits per heavy atom. The Balaban J connectivity index is 2.37. The van der Waals surface area contributed by atoms with Crippen LogP contribution in [0.5, 0.6) is 0 Å². The Labute approximate surface area is 176 Å². The van der Waals surface area contributed by atoms with E-state index in [0.717, 1.165) is 31.3 Å². The van der Waals surface area contributed by atoms with E-state index in [-0.39, 0.29) is 11.2 Å². The van der Waals surface area contributed by atoms with Crippen LogP contribution in [0.15, 0.2) is 64.2 Å². The maximum Gasteiger partial charge on any atom is 0.123 e. The lowest BCUT2D eigenvalue weighted by atomic mass is 9.77. The van der Waals surface area contributed by atoms with E-state index in [1.165, 1.54) is 17.7 Å². The third kappa shape index (κ3) is 4.56. The molecule has 0 bridgehead atoms. The van der Waals surface area contributed by atoms with E-state index >= 15 is 0 Å². The molecule has 0 aliphatic heterocycles. The van der Waals surface area contributed by atoms with Gasteiger partial charge in [-0.2, -0.15) is 0 Å². The average Bonchev–Trinajstić information content (AvgIpc) is 2.61. The number of hydrogen-bond acceptors (Lipinski definition) is 1. The van der Waals surface area contributed by atoms with Crippen LogP contribution >= 0.6 is 31.9 Å². The zero-order valence-electron chi connectivity index (χ0n) is 15.4. The van der Waals surface area contributed by atoms with Gasteiger partial charge in [-0.25, -0.2) is 4.39 Å². The molecule has 2 aromatic carbocycles. The molecule has 0 aliphatic carbocycles. The fourth-order valence-electron chi connectivity index (χ4n) is 3.30. The highest BCUT2D eigenvalue weighted by atomic mass is 79.9. The van der Waals surface area contributed by atoms with Crippen LogP contribution in [0.1, 0.15) is 31.9 Å². The van der Waals surface area contributed by atoms with Crippen molar-refractivity contribution in [3.05, 3.63) is 81.1 Å². The maximum atomic E-state index is 13.4. The number of nitrogens with zero attached hydrogens (tertiary/aromatic N) is 1. The van der Waals surface area contributed by atoms with Gasteiger partial charge in [0.15, 0.2) is 0 Å². The Morgan fingerprint density at radius 1 is 0.926 bits per heavy atom. The number of benzene rings is 2. The first kappa shape index (κ1) is 20.0. The maximum absolute atomic E-state index is 13.4. The molecule has 1 aromatic heterocycles. The van der Waals surface area contributed by atoms with E-state index in [1.54, 1.807) is 0 Å². The first-order chi connectivity index (χ1) is 12.8. The molecule has 0 saturated carbocycles. The first-order valence-electron chi connectivity index (χ1n) is 8.65. The lowest BCUT2D eigenvalue weighted by Gasteiger charge is -2.27. The number of hydrogen-bond donors (Lipinski definition) is 0. The van der Waals surface area contributed by atoms with Gasteiger partial charge in [0.05, 0.1) is 9.09 Å². The molecular formula is C23H20Br2FN. The summed E-state index contributed by atoms with van der Waals surface area (Å²) in [6.45, 7) is 6.59. The third-order valence-corrected chi connectivity index (χ3v) is 4.80. The van der Waals surface area contributed by atoms with Crippen molar-refractivity contribution in [1.82, 2.24) is 4.98 Å². The van der Waals surface area contributed by atoms with E-state index in [9.17, 15) is 4.39 Å². The molecular weight excluding hydrogens is 469 g/mol. The molecule has 0 amide bonds. The van der Waals surface area contributed by atoms with Crippen molar-refractivity contribution >= 4 is 37.9 Å². The summed E-state index contributed by atoms with van der Waals surface area (Å²) in [4.78, 5) is 4.56. The SMILES string of the molecule is CC(C)(C)c1c(-c2ccccn2)ccc(-c2ccc(F)cc2)c1C=C(Br)Br. The Kier molecular flexibility index (Phi) is 5.97. The number of pyridine rings is 1. The number of aromatic nitrogens is 1. The third-order valence-electron chi connectivity index (χ3n) is 4.35. The van der Waals surface area contributed by atoms with E-state index in [4.69, 9.17) is 0 Å². The Morgan fingerprint density at radius 2 is 1.59 bits per heavy atom. The molecule has 138 valence electrons. The van der Waals surface area contributed by atoms with Crippen LogP contribution in [0, 0.1) is 5.82 Å². The largest absolute Gasteiger partial charge is 0.256 e. The van der Waals surface area contributed by atoms with Crippen LogP contribution in [-0.2, 0) is 5.41 Å². The molecule has 0 unspecified atom stereocenters. The molecule has 1 nitrogen and oxygen atoms in total. The predicted molar refractivity (Wildman–Crippen MR) is 120 cm³/mol. The summed E-state index contributed by atoms with van der Waals surface area (Å²) < 4.78 is 14.3. The number of halogens is 3. The number of rotatable bonds is 3. The van der Waals surface area contributed by atoms with Crippen molar-refractivity contribution in [2.24, 2.45) is 0 Å². The smallest absolute Gasteiger partial charge is 0.123 e.